The largest absolute Gasteiger partial charge is 0.506 e. The molecule has 0 radical (unpaired) electrons. The number of aromatic hydroxyl groups is 1. The lowest BCUT2D eigenvalue weighted by Gasteiger charge is -2.41. The molecule has 2 aromatic carbocycles. The van der Waals surface area contributed by atoms with Gasteiger partial charge in [-0.1, -0.05) is 24.3 Å². The first-order chi connectivity index (χ1) is 10.8. The van der Waals surface area contributed by atoms with Crippen molar-refractivity contribution in [2.75, 3.05) is 7.11 Å². The molecule has 1 aliphatic heterocycles. The number of carbonyl (C=O) groups excluding carboxylic acids is 1. The van der Waals surface area contributed by atoms with E-state index in [1.165, 1.54) is 7.11 Å². The van der Waals surface area contributed by atoms with E-state index in [-0.39, 0.29) is 22.6 Å². The highest BCUT2D eigenvalue weighted by atomic mass is 16.5. The Morgan fingerprint density at radius 1 is 1.22 bits per heavy atom. The molecule has 0 saturated carbocycles. The lowest BCUT2D eigenvalue weighted by atomic mass is 9.84. The molecule has 1 aliphatic rings. The maximum absolute atomic E-state index is 12.1. The molecule has 0 fully saturated rings. The summed E-state index contributed by atoms with van der Waals surface area (Å²) in [6, 6.07) is 6.84. The predicted octanol–water partition coefficient (Wildman–Crippen LogP) is 1.90. The number of esters is 1. The third-order valence-corrected chi connectivity index (χ3v) is 4.24. The number of aliphatic hydroxyl groups is 2. The zero-order valence-corrected chi connectivity index (χ0v) is 13.0. The standard InChI is InChI=1S/C17H18O6/c1-17(2)15(20)13(19)10-11(16(21)22-3)12(18)8-6-4-5-7-9(8)14(10)23-17/h4-7,13,15,18-20H,1-3H3/t13-,15+/m0/s1. The van der Waals surface area contributed by atoms with Crippen LogP contribution in [0.2, 0.25) is 0 Å². The summed E-state index contributed by atoms with van der Waals surface area (Å²) in [6.07, 6.45) is -2.66. The Morgan fingerprint density at radius 2 is 1.83 bits per heavy atom. The van der Waals surface area contributed by atoms with Crippen LogP contribution in [0.15, 0.2) is 24.3 Å². The van der Waals surface area contributed by atoms with Gasteiger partial charge in [0.05, 0.1) is 7.11 Å². The van der Waals surface area contributed by atoms with E-state index in [0.717, 1.165) is 0 Å². The minimum absolute atomic E-state index is 0.0416. The van der Waals surface area contributed by atoms with Crippen LogP contribution in [-0.4, -0.2) is 40.1 Å². The first-order valence-electron chi connectivity index (χ1n) is 7.20. The molecule has 0 aliphatic carbocycles. The molecule has 6 heteroatoms. The maximum atomic E-state index is 12.1. The lowest BCUT2D eigenvalue weighted by Crippen LogP contribution is -2.49. The summed E-state index contributed by atoms with van der Waals surface area (Å²) in [6.45, 7) is 3.28. The molecule has 23 heavy (non-hydrogen) atoms. The molecule has 3 rings (SSSR count). The lowest BCUT2D eigenvalue weighted by molar-refractivity contribution is -0.111. The van der Waals surface area contributed by atoms with Crippen molar-refractivity contribution < 1.29 is 29.6 Å². The van der Waals surface area contributed by atoms with Gasteiger partial charge in [-0.15, -0.1) is 0 Å². The van der Waals surface area contributed by atoms with Crippen molar-refractivity contribution in [2.24, 2.45) is 0 Å². The zero-order chi connectivity index (χ0) is 16.9. The van der Waals surface area contributed by atoms with Crippen molar-refractivity contribution >= 4 is 16.7 Å². The first kappa shape index (κ1) is 15.6. The van der Waals surface area contributed by atoms with Crippen LogP contribution in [0.5, 0.6) is 11.5 Å². The molecule has 0 spiro atoms. The van der Waals surface area contributed by atoms with Gasteiger partial charge < -0.3 is 24.8 Å². The third-order valence-electron chi connectivity index (χ3n) is 4.24. The van der Waals surface area contributed by atoms with E-state index >= 15 is 0 Å². The fourth-order valence-corrected chi connectivity index (χ4v) is 2.97. The molecule has 1 heterocycles. The third kappa shape index (κ3) is 2.14. The van der Waals surface area contributed by atoms with E-state index in [4.69, 9.17) is 9.47 Å². The quantitative estimate of drug-likeness (QED) is 0.695. The second-order valence-electron chi connectivity index (χ2n) is 6.10. The Hall–Kier alpha value is -2.31. The second-order valence-corrected chi connectivity index (χ2v) is 6.10. The van der Waals surface area contributed by atoms with Crippen LogP contribution in [0.25, 0.3) is 10.8 Å². The first-order valence-corrected chi connectivity index (χ1v) is 7.20. The summed E-state index contributed by atoms with van der Waals surface area (Å²) in [5.74, 6) is -0.846. The van der Waals surface area contributed by atoms with Gasteiger partial charge in [-0.25, -0.2) is 4.79 Å². The number of ether oxygens (including phenoxy) is 2. The van der Waals surface area contributed by atoms with E-state index in [1.807, 2.05) is 0 Å². The van der Waals surface area contributed by atoms with Crippen molar-refractivity contribution in [1.82, 2.24) is 0 Å². The molecule has 0 saturated heterocycles. The Labute approximate surface area is 132 Å². The van der Waals surface area contributed by atoms with Crippen LogP contribution >= 0.6 is 0 Å². The smallest absolute Gasteiger partial charge is 0.342 e. The zero-order valence-electron chi connectivity index (χ0n) is 13.0. The molecule has 0 aromatic heterocycles. The number of rotatable bonds is 1. The van der Waals surface area contributed by atoms with Gasteiger partial charge in [0.25, 0.3) is 0 Å². The number of phenols is 1. The van der Waals surface area contributed by atoms with Gasteiger partial charge in [0.1, 0.15) is 34.9 Å². The molecule has 0 unspecified atom stereocenters. The van der Waals surface area contributed by atoms with Crippen LogP contribution < -0.4 is 4.74 Å². The van der Waals surface area contributed by atoms with Gasteiger partial charge in [0.2, 0.25) is 0 Å². The number of hydrogen-bond donors (Lipinski definition) is 3. The Balaban J connectivity index is 2.45. The monoisotopic (exact) mass is 318 g/mol. The van der Waals surface area contributed by atoms with Gasteiger partial charge in [-0.2, -0.15) is 0 Å². The summed E-state index contributed by atoms with van der Waals surface area (Å²) in [4.78, 5) is 12.1. The minimum atomic E-state index is -1.39. The molecular weight excluding hydrogens is 300 g/mol. The Morgan fingerprint density at radius 3 is 2.43 bits per heavy atom. The number of benzene rings is 2. The number of methoxy groups -OCH3 is 1. The maximum Gasteiger partial charge on any atom is 0.342 e. The highest BCUT2D eigenvalue weighted by Gasteiger charge is 2.46. The highest BCUT2D eigenvalue weighted by molar-refractivity contribution is 6.06. The summed E-state index contributed by atoms with van der Waals surface area (Å²) in [5.41, 5.74) is -1.21. The molecule has 0 bridgehead atoms. The predicted molar refractivity (Wildman–Crippen MR) is 82.6 cm³/mol. The van der Waals surface area contributed by atoms with Crippen molar-refractivity contribution in [3.63, 3.8) is 0 Å². The number of carbonyl (C=O) groups is 1. The van der Waals surface area contributed by atoms with E-state index in [0.29, 0.717) is 10.8 Å². The summed E-state index contributed by atoms with van der Waals surface area (Å²) in [7, 11) is 1.18. The summed E-state index contributed by atoms with van der Waals surface area (Å²) < 4.78 is 10.6. The van der Waals surface area contributed by atoms with E-state index in [9.17, 15) is 20.1 Å². The van der Waals surface area contributed by atoms with Crippen LogP contribution in [0.1, 0.15) is 35.9 Å². The van der Waals surface area contributed by atoms with Crippen molar-refractivity contribution in [1.29, 1.82) is 0 Å². The molecule has 3 N–H and O–H groups in total. The Bertz CT molecular complexity index is 795. The average molecular weight is 318 g/mol. The van der Waals surface area contributed by atoms with Crippen LogP contribution in [0.4, 0.5) is 0 Å². The highest BCUT2D eigenvalue weighted by Crippen LogP contribution is 2.49. The molecule has 0 amide bonds. The van der Waals surface area contributed by atoms with Crippen molar-refractivity contribution in [3.05, 3.63) is 35.4 Å². The van der Waals surface area contributed by atoms with Crippen LogP contribution in [0.3, 0.4) is 0 Å². The SMILES string of the molecule is COC(=O)c1c2c(c3ccccc3c1O)OC(C)(C)[C@H](O)[C@H]2O. The van der Waals surface area contributed by atoms with E-state index < -0.39 is 23.8 Å². The van der Waals surface area contributed by atoms with Gasteiger partial charge in [0.15, 0.2) is 0 Å². The molecule has 122 valence electrons. The van der Waals surface area contributed by atoms with E-state index in [2.05, 4.69) is 0 Å². The fraction of sp³-hybridized carbons (Fsp3) is 0.353. The number of phenolic OH excluding ortho intramolecular Hbond substituents is 1. The molecule has 2 atom stereocenters. The summed E-state index contributed by atoms with van der Waals surface area (Å²) in [5, 5.41) is 32.3. The van der Waals surface area contributed by atoms with Crippen LogP contribution in [0, 0.1) is 0 Å². The van der Waals surface area contributed by atoms with Crippen LogP contribution in [-0.2, 0) is 4.74 Å². The number of fused-ring (bicyclic) bond motifs is 3. The molecule has 6 nitrogen and oxygen atoms in total. The molecular formula is C17H18O6. The van der Waals surface area contributed by atoms with Crippen molar-refractivity contribution in [2.45, 2.75) is 31.7 Å². The van der Waals surface area contributed by atoms with Crippen molar-refractivity contribution in [3.8, 4) is 11.5 Å². The second kappa shape index (κ2) is 5.11. The van der Waals surface area contributed by atoms with Gasteiger partial charge in [-0.05, 0) is 13.8 Å². The number of hydrogen-bond acceptors (Lipinski definition) is 6. The normalized spacial score (nSPS) is 22.3. The van der Waals surface area contributed by atoms with E-state index in [1.54, 1.807) is 38.1 Å². The average Bonchev–Trinajstić information content (AvgIpc) is 2.53. The number of aliphatic hydroxyl groups excluding tert-OH is 2. The van der Waals surface area contributed by atoms with Gasteiger partial charge >= 0.3 is 5.97 Å². The minimum Gasteiger partial charge on any atom is -0.506 e. The van der Waals surface area contributed by atoms with Gasteiger partial charge in [0, 0.05) is 16.3 Å². The molecule has 2 aromatic rings. The topological polar surface area (TPSA) is 96.2 Å². The Kier molecular flexibility index (Phi) is 3.46. The summed E-state index contributed by atoms with van der Waals surface area (Å²) >= 11 is 0. The fourth-order valence-electron chi connectivity index (χ4n) is 2.97. The van der Waals surface area contributed by atoms with Gasteiger partial charge in [-0.3, -0.25) is 0 Å².